The number of rotatable bonds is 6. The maximum absolute atomic E-state index is 3.43. The topological polar surface area (TPSA) is 12.0 Å². The number of hydrogen-bond acceptors (Lipinski definition) is 2. The maximum Gasteiger partial charge on any atom is 0.0341 e. The average Bonchev–Trinajstić information content (AvgIpc) is 2.26. The Labute approximate surface area is 112 Å². The Balaban J connectivity index is 2.18. The molecule has 0 radical (unpaired) electrons. The Morgan fingerprint density at radius 2 is 1.81 bits per heavy atom. The van der Waals surface area contributed by atoms with Crippen LogP contribution in [-0.2, 0) is 0 Å². The van der Waals surface area contributed by atoms with Crippen LogP contribution in [0.3, 0.4) is 0 Å². The van der Waals surface area contributed by atoms with Crippen molar-refractivity contribution < 1.29 is 0 Å². The van der Waals surface area contributed by atoms with E-state index in [1.165, 1.54) is 5.69 Å². The van der Waals surface area contributed by atoms with Gasteiger partial charge >= 0.3 is 0 Å². The van der Waals surface area contributed by atoms with E-state index in [2.05, 4.69) is 66.3 Å². The van der Waals surface area contributed by atoms with Crippen molar-refractivity contribution >= 4 is 33.4 Å². The molecule has 0 aromatic heterocycles. The molecule has 1 N–H and O–H groups in total. The summed E-state index contributed by atoms with van der Waals surface area (Å²) in [5.74, 6) is 1.92. The fourth-order valence-corrected chi connectivity index (χ4v) is 2.44. The summed E-state index contributed by atoms with van der Waals surface area (Å²) in [5, 5.41) is 4.17. The van der Waals surface area contributed by atoms with Gasteiger partial charge in [-0.25, -0.2) is 0 Å². The molecule has 1 nitrogen and oxygen atoms in total. The van der Waals surface area contributed by atoms with Crippen LogP contribution in [0.15, 0.2) is 28.7 Å². The van der Waals surface area contributed by atoms with Gasteiger partial charge in [0.15, 0.2) is 0 Å². The van der Waals surface area contributed by atoms with Crippen LogP contribution < -0.4 is 5.32 Å². The minimum atomic E-state index is 0.742. The van der Waals surface area contributed by atoms with Crippen LogP contribution >= 0.6 is 27.7 Å². The monoisotopic (exact) mass is 301 g/mol. The minimum absolute atomic E-state index is 0.742. The molecule has 1 aromatic carbocycles. The number of benzene rings is 1. The summed E-state index contributed by atoms with van der Waals surface area (Å²) in [5.41, 5.74) is 1.20. The highest BCUT2D eigenvalue weighted by Gasteiger charge is 2.06. The summed E-state index contributed by atoms with van der Waals surface area (Å²) < 4.78 is 1.13. The van der Waals surface area contributed by atoms with Crippen LogP contribution in [0.4, 0.5) is 5.69 Å². The van der Waals surface area contributed by atoms with Crippen molar-refractivity contribution in [3.05, 3.63) is 28.7 Å². The number of hydrogen-bond donors (Lipinski definition) is 1. The van der Waals surface area contributed by atoms with Gasteiger partial charge in [-0.15, -0.1) is 0 Å². The number of thioether (sulfide) groups is 1. The highest BCUT2D eigenvalue weighted by atomic mass is 79.9. The Kier molecular flexibility index (Phi) is 6.29. The molecular formula is C13H20BrNS. The summed E-state index contributed by atoms with van der Waals surface area (Å²) in [6, 6.07) is 8.32. The van der Waals surface area contributed by atoms with E-state index in [4.69, 9.17) is 0 Å². The molecule has 0 aliphatic heterocycles. The molecule has 16 heavy (non-hydrogen) atoms. The van der Waals surface area contributed by atoms with Crippen molar-refractivity contribution in [3.8, 4) is 0 Å². The minimum Gasteiger partial charge on any atom is -0.384 e. The molecule has 0 fully saturated rings. The van der Waals surface area contributed by atoms with Crippen LogP contribution in [-0.4, -0.2) is 17.5 Å². The average molecular weight is 302 g/mol. The largest absolute Gasteiger partial charge is 0.384 e. The van der Waals surface area contributed by atoms with Crippen molar-refractivity contribution in [1.82, 2.24) is 0 Å². The molecule has 0 spiro atoms. The summed E-state index contributed by atoms with van der Waals surface area (Å²) in [4.78, 5) is 0. The normalized spacial score (nSPS) is 12.8. The van der Waals surface area contributed by atoms with Crippen LogP contribution in [0.1, 0.15) is 20.8 Å². The fraction of sp³-hybridized carbons (Fsp3) is 0.538. The second-order valence-corrected chi connectivity index (χ2v) is 6.65. The predicted octanol–water partition coefficient (Wildman–Crippen LogP) is 4.64. The van der Waals surface area contributed by atoms with Gasteiger partial charge in [-0.3, -0.25) is 0 Å². The van der Waals surface area contributed by atoms with Gasteiger partial charge in [-0.1, -0.05) is 36.7 Å². The SMILES string of the molecule is CC(C)C(C)SCCNc1ccc(Br)cc1. The van der Waals surface area contributed by atoms with Crippen molar-refractivity contribution in [2.45, 2.75) is 26.0 Å². The lowest BCUT2D eigenvalue weighted by molar-refractivity contribution is 0.642. The van der Waals surface area contributed by atoms with E-state index in [0.717, 1.165) is 27.9 Å². The Morgan fingerprint density at radius 3 is 2.38 bits per heavy atom. The van der Waals surface area contributed by atoms with E-state index in [9.17, 15) is 0 Å². The fourth-order valence-electron chi connectivity index (χ4n) is 1.20. The molecule has 3 heteroatoms. The predicted molar refractivity (Wildman–Crippen MR) is 79.4 cm³/mol. The van der Waals surface area contributed by atoms with E-state index >= 15 is 0 Å². The van der Waals surface area contributed by atoms with E-state index in [-0.39, 0.29) is 0 Å². The van der Waals surface area contributed by atoms with Gasteiger partial charge in [0.05, 0.1) is 0 Å². The second-order valence-electron chi connectivity index (χ2n) is 4.25. The Hall–Kier alpha value is -0.150. The molecule has 1 rings (SSSR count). The first kappa shape index (κ1) is 13.9. The van der Waals surface area contributed by atoms with E-state index in [0.29, 0.717) is 0 Å². The summed E-state index contributed by atoms with van der Waals surface area (Å²) in [6.45, 7) is 7.89. The van der Waals surface area contributed by atoms with Gasteiger partial charge in [-0.2, -0.15) is 11.8 Å². The standard InChI is InChI=1S/C13H20BrNS/c1-10(2)11(3)16-9-8-15-13-6-4-12(14)5-7-13/h4-7,10-11,15H,8-9H2,1-3H3. The van der Waals surface area contributed by atoms with Gasteiger partial charge in [0.25, 0.3) is 0 Å². The number of halogens is 1. The van der Waals surface area contributed by atoms with Gasteiger partial charge in [-0.05, 0) is 30.2 Å². The van der Waals surface area contributed by atoms with Crippen LogP contribution in [0.25, 0.3) is 0 Å². The quantitative estimate of drug-likeness (QED) is 0.768. The summed E-state index contributed by atoms with van der Waals surface area (Å²) in [6.07, 6.45) is 0. The third kappa shape index (κ3) is 5.26. The highest BCUT2D eigenvalue weighted by molar-refractivity contribution is 9.10. The first-order valence-electron chi connectivity index (χ1n) is 5.70. The second kappa shape index (κ2) is 7.23. The van der Waals surface area contributed by atoms with Gasteiger partial charge in [0.1, 0.15) is 0 Å². The highest BCUT2D eigenvalue weighted by Crippen LogP contribution is 2.19. The molecule has 1 aromatic rings. The molecule has 0 bridgehead atoms. The lowest BCUT2D eigenvalue weighted by Gasteiger charge is -2.15. The lowest BCUT2D eigenvalue weighted by atomic mass is 10.2. The molecule has 0 saturated heterocycles. The molecule has 0 aliphatic carbocycles. The number of nitrogens with one attached hydrogen (secondary N) is 1. The lowest BCUT2D eigenvalue weighted by Crippen LogP contribution is -2.11. The Morgan fingerprint density at radius 1 is 1.19 bits per heavy atom. The molecule has 1 atom stereocenters. The Bertz CT molecular complexity index is 297. The smallest absolute Gasteiger partial charge is 0.0341 e. The molecule has 0 saturated carbocycles. The van der Waals surface area contributed by atoms with Crippen molar-refractivity contribution in [1.29, 1.82) is 0 Å². The zero-order valence-corrected chi connectivity index (χ0v) is 12.6. The summed E-state index contributed by atoms with van der Waals surface area (Å²) >= 11 is 5.47. The molecule has 90 valence electrons. The van der Waals surface area contributed by atoms with Crippen molar-refractivity contribution in [2.24, 2.45) is 5.92 Å². The molecule has 1 unspecified atom stereocenters. The van der Waals surface area contributed by atoms with E-state index in [1.807, 2.05) is 11.8 Å². The van der Waals surface area contributed by atoms with Gasteiger partial charge < -0.3 is 5.32 Å². The zero-order chi connectivity index (χ0) is 12.0. The summed E-state index contributed by atoms with van der Waals surface area (Å²) in [7, 11) is 0. The van der Waals surface area contributed by atoms with Crippen molar-refractivity contribution in [3.63, 3.8) is 0 Å². The van der Waals surface area contributed by atoms with Crippen LogP contribution in [0, 0.1) is 5.92 Å². The molecule has 0 amide bonds. The first-order chi connectivity index (χ1) is 7.59. The maximum atomic E-state index is 3.43. The molecule has 0 heterocycles. The van der Waals surface area contributed by atoms with Crippen LogP contribution in [0.2, 0.25) is 0 Å². The number of anilines is 1. The molecule has 0 aliphatic rings. The van der Waals surface area contributed by atoms with Gasteiger partial charge in [0.2, 0.25) is 0 Å². The van der Waals surface area contributed by atoms with E-state index < -0.39 is 0 Å². The molecular weight excluding hydrogens is 282 g/mol. The zero-order valence-electron chi connectivity index (χ0n) is 10.2. The third-order valence-electron chi connectivity index (χ3n) is 2.59. The third-order valence-corrected chi connectivity index (χ3v) is 4.63. The van der Waals surface area contributed by atoms with Gasteiger partial charge in [0, 0.05) is 27.7 Å². The first-order valence-corrected chi connectivity index (χ1v) is 7.55. The van der Waals surface area contributed by atoms with Crippen molar-refractivity contribution in [2.75, 3.05) is 17.6 Å². The van der Waals surface area contributed by atoms with E-state index in [1.54, 1.807) is 0 Å². The van der Waals surface area contributed by atoms with Crippen LogP contribution in [0.5, 0.6) is 0 Å².